The first-order chi connectivity index (χ1) is 24.2. The summed E-state index contributed by atoms with van der Waals surface area (Å²) >= 11 is 0. The van der Waals surface area contributed by atoms with Gasteiger partial charge in [0.1, 0.15) is 0 Å². The first kappa shape index (κ1) is 35.3. The van der Waals surface area contributed by atoms with Crippen LogP contribution in [0.1, 0.15) is 33.4 Å². The smallest absolute Gasteiger partial charge is 0.310 e. The van der Waals surface area contributed by atoms with Gasteiger partial charge in [-0.25, -0.2) is 0 Å². The van der Waals surface area contributed by atoms with Crippen molar-refractivity contribution in [3.8, 4) is 0 Å². The Kier molecular flexibility index (Phi) is 9.47. The molecule has 0 saturated heterocycles. The molecule has 0 N–H and O–H groups in total. The highest BCUT2D eigenvalue weighted by Gasteiger charge is 2.72. The Morgan fingerprint density at radius 3 is 1.00 bits per heavy atom. The molecular weight excluding hydrogens is 658 g/mol. The predicted octanol–water partition coefficient (Wildman–Crippen LogP) is 13.3. The molecule has 260 valence electrons. The van der Waals surface area contributed by atoms with Gasteiger partial charge in [0, 0.05) is 34.1 Å². The van der Waals surface area contributed by atoms with Crippen molar-refractivity contribution in [1.29, 1.82) is 0 Å². The van der Waals surface area contributed by atoms with E-state index in [1.54, 1.807) is 109 Å². The van der Waals surface area contributed by atoms with Crippen LogP contribution < -0.4 is 9.80 Å². The van der Waals surface area contributed by atoms with Crippen LogP contribution in [0.25, 0.3) is 0 Å². The van der Waals surface area contributed by atoms with Crippen molar-refractivity contribution in [2.24, 2.45) is 0 Å². The minimum absolute atomic E-state index is 0.193. The molecule has 0 heterocycles. The summed E-state index contributed by atoms with van der Waals surface area (Å²) in [5.41, 5.74) is -0.613. The van der Waals surface area contributed by atoms with Gasteiger partial charge in [0.25, 0.3) is 0 Å². The zero-order valence-corrected chi connectivity index (χ0v) is 28.5. The highest BCUT2D eigenvalue weighted by molar-refractivity contribution is 5.81. The van der Waals surface area contributed by atoms with E-state index in [4.69, 9.17) is 0 Å². The molecule has 0 aliphatic rings. The third-order valence-corrected chi connectivity index (χ3v) is 9.23. The fourth-order valence-corrected chi connectivity index (χ4v) is 6.55. The van der Waals surface area contributed by atoms with Crippen LogP contribution in [-0.2, 0) is 5.41 Å². The summed E-state index contributed by atoms with van der Waals surface area (Å²) in [4.78, 5) is 3.37. The van der Waals surface area contributed by atoms with Crippen molar-refractivity contribution in [2.75, 3.05) is 9.80 Å². The number of benzene rings is 6. The van der Waals surface area contributed by atoms with Crippen molar-refractivity contribution in [2.45, 2.75) is 45.5 Å². The van der Waals surface area contributed by atoms with Crippen molar-refractivity contribution >= 4 is 34.1 Å². The summed E-state index contributed by atoms with van der Waals surface area (Å²) < 4.78 is 94.5. The summed E-state index contributed by atoms with van der Waals surface area (Å²) in [6.07, 6.45) is -11.6. The van der Waals surface area contributed by atoms with Gasteiger partial charge in [-0.15, -0.1) is 0 Å². The maximum Gasteiger partial charge on any atom is 0.411 e. The van der Waals surface area contributed by atoms with E-state index in [2.05, 4.69) is 0 Å². The minimum Gasteiger partial charge on any atom is -0.310 e. The zero-order valence-electron chi connectivity index (χ0n) is 28.5. The van der Waals surface area contributed by atoms with E-state index < -0.39 is 28.9 Å². The highest BCUT2D eigenvalue weighted by Crippen LogP contribution is 2.58. The molecule has 8 heteroatoms. The normalized spacial score (nSPS) is 12.1. The van der Waals surface area contributed by atoms with E-state index in [0.29, 0.717) is 33.9 Å². The Balaban J connectivity index is 1.63. The van der Waals surface area contributed by atoms with E-state index in [1.165, 1.54) is 12.1 Å². The van der Waals surface area contributed by atoms with Gasteiger partial charge in [-0.05, 0) is 111 Å². The van der Waals surface area contributed by atoms with Crippen molar-refractivity contribution < 1.29 is 26.3 Å². The monoisotopic (exact) mass is 694 g/mol. The van der Waals surface area contributed by atoms with E-state index >= 15 is 26.3 Å². The fraction of sp³-hybridized carbons (Fsp3) is 0.163. The summed E-state index contributed by atoms with van der Waals surface area (Å²) in [5, 5.41) is 0. The lowest BCUT2D eigenvalue weighted by atomic mass is 9.72. The summed E-state index contributed by atoms with van der Waals surface area (Å²) in [6.45, 7) is 7.15. The summed E-state index contributed by atoms with van der Waals surface area (Å²) in [7, 11) is 0. The second-order valence-corrected chi connectivity index (χ2v) is 12.8. The molecule has 0 bridgehead atoms. The number of aryl methyl sites for hydroxylation is 4. The third-order valence-electron chi connectivity index (χ3n) is 9.23. The zero-order chi connectivity index (χ0) is 36.6. The van der Waals surface area contributed by atoms with Gasteiger partial charge in [0.15, 0.2) is 0 Å². The largest absolute Gasteiger partial charge is 0.411 e. The Morgan fingerprint density at radius 1 is 0.373 bits per heavy atom. The maximum absolute atomic E-state index is 15.7. The Hall–Kier alpha value is -5.50. The first-order valence-electron chi connectivity index (χ1n) is 16.4. The van der Waals surface area contributed by atoms with Crippen LogP contribution in [0.2, 0.25) is 0 Å². The molecule has 6 aromatic rings. The van der Waals surface area contributed by atoms with Crippen LogP contribution in [0.4, 0.5) is 60.5 Å². The lowest BCUT2D eigenvalue weighted by Crippen LogP contribution is -2.54. The van der Waals surface area contributed by atoms with Crippen LogP contribution in [0.3, 0.4) is 0 Å². The first-order valence-corrected chi connectivity index (χ1v) is 16.4. The van der Waals surface area contributed by atoms with Crippen LogP contribution in [-0.4, -0.2) is 12.4 Å². The number of rotatable bonds is 8. The van der Waals surface area contributed by atoms with Gasteiger partial charge >= 0.3 is 12.4 Å². The molecule has 0 fully saturated rings. The molecule has 0 unspecified atom stereocenters. The molecule has 0 saturated carbocycles. The highest BCUT2D eigenvalue weighted by atomic mass is 19.4. The molecule has 6 aromatic carbocycles. The third kappa shape index (κ3) is 6.58. The van der Waals surface area contributed by atoms with Crippen LogP contribution in [0, 0.1) is 27.7 Å². The second kappa shape index (κ2) is 13.7. The van der Waals surface area contributed by atoms with Crippen LogP contribution in [0.5, 0.6) is 0 Å². The Morgan fingerprint density at radius 2 is 0.686 bits per heavy atom. The summed E-state index contributed by atoms with van der Waals surface area (Å²) in [6, 6.07) is 39.0. The summed E-state index contributed by atoms with van der Waals surface area (Å²) in [5.74, 6) is 0. The van der Waals surface area contributed by atoms with E-state index in [1.807, 2.05) is 38.1 Å². The van der Waals surface area contributed by atoms with Crippen LogP contribution in [0.15, 0.2) is 146 Å². The second-order valence-electron chi connectivity index (χ2n) is 12.8. The molecule has 0 amide bonds. The number of nitrogens with zero attached hydrogens (tertiary/aromatic N) is 2. The lowest BCUT2D eigenvalue weighted by molar-refractivity contribution is -0.288. The number of halogens is 6. The molecular formula is C43H36F6N2. The number of hydrogen-bond acceptors (Lipinski definition) is 2. The lowest BCUT2D eigenvalue weighted by Gasteiger charge is -2.40. The number of hydrogen-bond donors (Lipinski definition) is 0. The topological polar surface area (TPSA) is 6.48 Å². The Labute approximate surface area is 294 Å². The van der Waals surface area contributed by atoms with Gasteiger partial charge in [-0.3, -0.25) is 0 Å². The number of para-hydroxylation sites is 2. The van der Waals surface area contributed by atoms with Crippen molar-refractivity contribution in [3.63, 3.8) is 0 Å². The molecule has 51 heavy (non-hydrogen) atoms. The molecule has 0 spiro atoms. The quantitative estimate of drug-likeness (QED) is 0.146. The molecule has 0 atom stereocenters. The van der Waals surface area contributed by atoms with Gasteiger partial charge in [0.2, 0.25) is 5.41 Å². The number of alkyl halides is 6. The molecule has 0 radical (unpaired) electrons. The SMILES string of the molecule is Cc1ccc(N(c2ccccc2)c2cc(C(c3ccc(C)c(N(c4ccccc4)c4ccc(C)cc4)c3)(C(F)(F)F)C(F)(F)F)ccc2C)cc1. The van der Waals surface area contributed by atoms with Crippen molar-refractivity contribution in [3.05, 3.63) is 179 Å². The molecule has 6 rings (SSSR count). The van der Waals surface area contributed by atoms with Crippen LogP contribution >= 0.6 is 0 Å². The van der Waals surface area contributed by atoms with E-state index in [-0.39, 0.29) is 11.4 Å². The fourth-order valence-electron chi connectivity index (χ4n) is 6.55. The van der Waals surface area contributed by atoms with Crippen molar-refractivity contribution in [1.82, 2.24) is 0 Å². The van der Waals surface area contributed by atoms with Gasteiger partial charge in [-0.2, -0.15) is 26.3 Å². The van der Waals surface area contributed by atoms with Gasteiger partial charge in [-0.1, -0.05) is 96.1 Å². The average Bonchev–Trinajstić information content (AvgIpc) is 3.09. The minimum atomic E-state index is -5.78. The number of anilines is 6. The molecule has 0 aliphatic carbocycles. The average molecular weight is 695 g/mol. The standard InChI is InChI=1S/C43H36F6N2/c1-29-15-23-37(24-16-29)50(35-11-7-5-8-12-35)39-27-33(21-19-31(39)3)41(42(44,45)46,43(47,48)49)34-22-20-32(4)40(28-34)51(36-13-9-6-10-14-36)38-25-17-30(2)18-26-38/h5-28H,1-4H3. The molecule has 0 aliphatic heterocycles. The van der Waals surface area contributed by atoms with Gasteiger partial charge in [0.05, 0.1) is 0 Å². The Bertz CT molecular complexity index is 1950. The van der Waals surface area contributed by atoms with E-state index in [0.717, 1.165) is 35.4 Å². The molecule has 0 aromatic heterocycles. The predicted molar refractivity (Wildman–Crippen MR) is 194 cm³/mol. The maximum atomic E-state index is 15.7. The van der Waals surface area contributed by atoms with E-state index in [9.17, 15) is 0 Å². The van der Waals surface area contributed by atoms with Gasteiger partial charge < -0.3 is 9.80 Å². The molecule has 2 nitrogen and oxygen atoms in total.